The monoisotopic (exact) mass is 496 g/mol. The fourth-order valence-corrected chi connectivity index (χ4v) is 5.73. The largest absolute Gasteiger partial charge is 0.396 e. The number of fused-ring (bicyclic) bond motifs is 2. The molecule has 2 aliphatic rings. The summed E-state index contributed by atoms with van der Waals surface area (Å²) in [7, 11) is 1.59. The van der Waals surface area contributed by atoms with Gasteiger partial charge in [0.1, 0.15) is 18.2 Å². The van der Waals surface area contributed by atoms with Crippen LogP contribution in [-0.4, -0.2) is 69.0 Å². The first-order valence-electron chi connectivity index (χ1n) is 12.9. The maximum absolute atomic E-state index is 13.8. The second-order valence-electron chi connectivity index (χ2n) is 9.62. The standard InChI is InChI=1S/C26H36N6O4/c1-3-9-17-12-13-18-22(21(17)24(34)27-2)26(36)31(14-7-4-8-15-33)23(18)25(35)28-16-32-20-11-6-5-10-19(20)29-30-32/h5-6,10-13,17-18,21-23,33H,3-4,7-9,14-16H2,1-2H3,(H,27,34)(H,28,35)/t17-,18+,21-,22-,23+/m1/s1. The van der Waals surface area contributed by atoms with E-state index in [-0.39, 0.29) is 36.9 Å². The molecule has 1 fully saturated rings. The number of aliphatic hydroxyl groups excluding tert-OH is 1. The molecule has 36 heavy (non-hydrogen) atoms. The molecule has 4 rings (SSSR count). The van der Waals surface area contributed by atoms with Crippen LogP contribution in [0.3, 0.4) is 0 Å². The van der Waals surface area contributed by atoms with Gasteiger partial charge in [-0.3, -0.25) is 14.4 Å². The lowest BCUT2D eigenvalue weighted by atomic mass is 9.68. The van der Waals surface area contributed by atoms with E-state index in [1.807, 2.05) is 36.4 Å². The molecule has 10 heteroatoms. The van der Waals surface area contributed by atoms with Crippen LogP contribution in [0.4, 0.5) is 0 Å². The van der Waals surface area contributed by atoms with Crippen molar-refractivity contribution in [3.05, 3.63) is 36.4 Å². The first kappa shape index (κ1) is 25.8. The van der Waals surface area contributed by atoms with E-state index in [0.29, 0.717) is 19.4 Å². The number of benzene rings is 1. The summed E-state index contributed by atoms with van der Waals surface area (Å²) in [5, 5.41) is 23.1. The van der Waals surface area contributed by atoms with Gasteiger partial charge in [-0.1, -0.05) is 42.8 Å². The van der Waals surface area contributed by atoms with Crippen molar-refractivity contribution in [2.45, 2.75) is 51.7 Å². The minimum Gasteiger partial charge on any atom is -0.396 e. The van der Waals surface area contributed by atoms with Gasteiger partial charge in [-0.25, -0.2) is 4.68 Å². The fraction of sp³-hybridized carbons (Fsp3) is 0.577. The van der Waals surface area contributed by atoms with Crippen LogP contribution in [0.2, 0.25) is 0 Å². The molecule has 2 aromatic rings. The molecule has 1 aliphatic carbocycles. The smallest absolute Gasteiger partial charge is 0.244 e. The Morgan fingerprint density at radius 1 is 1.11 bits per heavy atom. The van der Waals surface area contributed by atoms with Crippen LogP contribution in [0, 0.1) is 23.7 Å². The number of hydrogen-bond donors (Lipinski definition) is 3. The SMILES string of the molecule is CCC[C@@H]1C=C[C@H]2[C@@H](C(=O)N(CCCCCO)[C@@H]2C(=O)NCn2nnc3ccccc32)[C@@H]1C(=O)NC. The van der Waals surface area contributed by atoms with E-state index in [4.69, 9.17) is 5.11 Å². The first-order valence-corrected chi connectivity index (χ1v) is 12.9. The molecule has 1 aliphatic heterocycles. The van der Waals surface area contributed by atoms with Crippen LogP contribution in [0.1, 0.15) is 39.0 Å². The van der Waals surface area contributed by atoms with Crippen molar-refractivity contribution in [1.29, 1.82) is 0 Å². The second-order valence-corrected chi connectivity index (χ2v) is 9.62. The Bertz CT molecular complexity index is 1110. The molecule has 1 saturated heterocycles. The van der Waals surface area contributed by atoms with Crippen molar-refractivity contribution < 1.29 is 19.5 Å². The van der Waals surface area contributed by atoms with Crippen molar-refractivity contribution >= 4 is 28.8 Å². The molecular formula is C26H36N6O4. The van der Waals surface area contributed by atoms with Gasteiger partial charge in [0, 0.05) is 26.1 Å². The highest BCUT2D eigenvalue weighted by molar-refractivity contribution is 5.96. The highest BCUT2D eigenvalue weighted by Crippen LogP contribution is 2.45. The van der Waals surface area contributed by atoms with E-state index in [9.17, 15) is 14.4 Å². The number of nitrogens with one attached hydrogen (secondary N) is 2. The average Bonchev–Trinajstić information content (AvgIpc) is 3.43. The number of amides is 3. The number of para-hydroxylation sites is 1. The zero-order chi connectivity index (χ0) is 25.7. The third kappa shape index (κ3) is 5.00. The van der Waals surface area contributed by atoms with E-state index in [1.165, 1.54) is 0 Å². The molecule has 0 spiro atoms. The summed E-state index contributed by atoms with van der Waals surface area (Å²) in [6.45, 7) is 2.69. The average molecular weight is 497 g/mol. The molecule has 0 radical (unpaired) electrons. The van der Waals surface area contributed by atoms with Gasteiger partial charge in [-0.05, 0) is 43.7 Å². The number of nitrogens with zero attached hydrogens (tertiary/aromatic N) is 4. The number of likely N-dealkylation sites (tertiary alicyclic amines) is 1. The lowest BCUT2D eigenvalue weighted by Crippen LogP contribution is -2.48. The maximum atomic E-state index is 13.8. The number of allylic oxidation sites excluding steroid dienone is 1. The summed E-state index contributed by atoms with van der Waals surface area (Å²) < 4.78 is 1.62. The van der Waals surface area contributed by atoms with Crippen molar-refractivity contribution in [3.8, 4) is 0 Å². The summed E-state index contributed by atoms with van der Waals surface area (Å²) in [5.41, 5.74) is 1.54. The van der Waals surface area contributed by atoms with E-state index in [2.05, 4.69) is 27.9 Å². The molecule has 1 aromatic heterocycles. The minimum absolute atomic E-state index is 0.0419. The third-order valence-corrected chi connectivity index (χ3v) is 7.43. The molecule has 0 bridgehead atoms. The number of hydrogen-bond acceptors (Lipinski definition) is 6. The van der Waals surface area contributed by atoms with Gasteiger partial charge in [0.2, 0.25) is 17.7 Å². The highest BCUT2D eigenvalue weighted by Gasteiger charge is 2.56. The first-order chi connectivity index (χ1) is 17.5. The minimum atomic E-state index is -0.711. The van der Waals surface area contributed by atoms with Crippen LogP contribution in [0.15, 0.2) is 36.4 Å². The number of rotatable bonds is 11. The quantitative estimate of drug-likeness (QED) is 0.319. The molecular weight excluding hydrogens is 460 g/mol. The number of carbonyl (C=O) groups excluding carboxylic acids is 3. The topological polar surface area (TPSA) is 129 Å². The van der Waals surface area contributed by atoms with Gasteiger partial charge in [-0.2, -0.15) is 0 Å². The summed E-state index contributed by atoms with van der Waals surface area (Å²) in [6.07, 6.45) is 7.78. The Morgan fingerprint density at radius 3 is 2.67 bits per heavy atom. The molecule has 0 unspecified atom stereocenters. The predicted molar refractivity (Wildman–Crippen MR) is 134 cm³/mol. The predicted octanol–water partition coefficient (Wildman–Crippen LogP) is 1.46. The molecule has 3 N–H and O–H groups in total. The number of aromatic nitrogens is 3. The molecule has 5 atom stereocenters. The molecule has 194 valence electrons. The highest BCUT2D eigenvalue weighted by atomic mass is 16.3. The normalized spacial score (nSPS) is 25.2. The van der Waals surface area contributed by atoms with Gasteiger partial charge in [0.25, 0.3) is 0 Å². The Labute approximate surface area is 211 Å². The van der Waals surface area contributed by atoms with Crippen LogP contribution in [0.25, 0.3) is 11.0 Å². The number of carbonyl (C=O) groups is 3. The number of aliphatic hydroxyl groups is 1. The van der Waals surface area contributed by atoms with Gasteiger partial charge in [0.15, 0.2) is 0 Å². The van der Waals surface area contributed by atoms with Crippen molar-refractivity contribution in [2.24, 2.45) is 23.7 Å². The van der Waals surface area contributed by atoms with Crippen LogP contribution in [-0.2, 0) is 21.1 Å². The van der Waals surface area contributed by atoms with E-state index < -0.39 is 23.8 Å². The molecule has 3 amide bonds. The molecule has 0 saturated carbocycles. The number of unbranched alkanes of at least 4 members (excludes halogenated alkanes) is 2. The van der Waals surface area contributed by atoms with E-state index in [1.54, 1.807) is 16.6 Å². The molecule has 2 heterocycles. The summed E-state index contributed by atoms with van der Waals surface area (Å²) in [4.78, 5) is 42.0. The van der Waals surface area contributed by atoms with Crippen LogP contribution < -0.4 is 10.6 Å². The molecule has 1 aromatic carbocycles. The summed E-state index contributed by atoms with van der Waals surface area (Å²) in [6, 6.07) is 6.79. The second kappa shape index (κ2) is 11.6. The zero-order valence-electron chi connectivity index (χ0n) is 21.0. The Morgan fingerprint density at radius 2 is 1.92 bits per heavy atom. The van der Waals surface area contributed by atoms with Gasteiger partial charge in [-0.15, -0.1) is 5.10 Å². The maximum Gasteiger partial charge on any atom is 0.244 e. The third-order valence-electron chi connectivity index (χ3n) is 7.43. The van der Waals surface area contributed by atoms with Crippen molar-refractivity contribution in [1.82, 2.24) is 30.5 Å². The van der Waals surface area contributed by atoms with Crippen molar-refractivity contribution in [3.63, 3.8) is 0 Å². The Balaban J connectivity index is 1.59. The zero-order valence-corrected chi connectivity index (χ0v) is 21.0. The van der Waals surface area contributed by atoms with Crippen LogP contribution >= 0.6 is 0 Å². The van der Waals surface area contributed by atoms with E-state index in [0.717, 1.165) is 30.3 Å². The summed E-state index contributed by atoms with van der Waals surface area (Å²) >= 11 is 0. The van der Waals surface area contributed by atoms with E-state index >= 15 is 0 Å². The van der Waals surface area contributed by atoms with Crippen molar-refractivity contribution in [2.75, 3.05) is 20.2 Å². The summed E-state index contributed by atoms with van der Waals surface area (Å²) in [5.74, 6) is -2.09. The van der Waals surface area contributed by atoms with Crippen LogP contribution in [0.5, 0.6) is 0 Å². The molecule has 10 nitrogen and oxygen atoms in total. The Hall–Kier alpha value is -3.27. The lowest BCUT2D eigenvalue weighted by Gasteiger charge is -2.34. The van der Waals surface area contributed by atoms with Gasteiger partial charge < -0.3 is 20.6 Å². The fourth-order valence-electron chi connectivity index (χ4n) is 5.73. The van der Waals surface area contributed by atoms with Gasteiger partial charge >= 0.3 is 0 Å². The van der Waals surface area contributed by atoms with Gasteiger partial charge in [0.05, 0.1) is 17.4 Å². The lowest BCUT2D eigenvalue weighted by molar-refractivity contribution is -0.141. The Kier molecular flexibility index (Phi) is 8.35.